The molecule has 0 spiro atoms. The molecule has 0 N–H and O–H groups in total. The van der Waals surface area contributed by atoms with Crippen LogP contribution >= 0.6 is 17.0 Å². The Hall–Kier alpha value is -2.22. The molecule has 4 heteroatoms. The van der Waals surface area contributed by atoms with Crippen molar-refractivity contribution in [1.29, 1.82) is 0 Å². The zero-order valence-corrected chi connectivity index (χ0v) is 43.3. The van der Waals surface area contributed by atoms with Crippen molar-refractivity contribution in [1.82, 2.24) is 0 Å². The van der Waals surface area contributed by atoms with Crippen molar-refractivity contribution in [3.05, 3.63) is 130 Å². The van der Waals surface area contributed by atoms with E-state index in [2.05, 4.69) is 152 Å². The van der Waals surface area contributed by atoms with Crippen LogP contribution in [0.3, 0.4) is 0 Å². The van der Waals surface area contributed by atoms with Crippen LogP contribution in [0, 0.1) is 38.5 Å². The topological polar surface area (TPSA) is 0 Å². The second-order valence-corrected chi connectivity index (χ2v) is 23.3. The third-order valence-corrected chi connectivity index (χ3v) is 13.7. The fourth-order valence-electron chi connectivity index (χ4n) is 10.7. The molecule has 0 aliphatic heterocycles. The average molecular weight is 935 g/mol. The van der Waals surface area contributed by atoms with Gasteiger partial charge in [-0.25, -0.2) is 0 Å². The van der Waals surface area contributed by atoms with Gasteiger partial charge in [-0.2, -0.15) is 12.1 Å². The molecular formula is C56H72Cl2SiZr. The predicted molar refractivity (Wildman–Crippen MR) is 266 cm³/mol. The standard InChI is InChI=1S/2C27H33.C2H6Si.2ClH.Zr/c2*1-4-27(12-7-5-6-8-13-27)19-22-17-23-10-9-11-25(26(23)18-22)24-15-20(2)14-21(3)16-24;1-3-2;;;/h2*9-11,14-18H,4-8,12-13,19H2,1-3H3;1-2H3;2*1H;/q2*-1;;;;+4/p-2. The van der Waals surface area contributed by atoms with E-state index in [-0.39, 0.29) is 0 Å². The Morgan fingerprint density at radius 2 is 0.833 bits per heavy atom. The molecule has 2 radical (unpaired) electrons. The van der Waals surface area contributed by atoms with Crippen LogP contribution in [0.15, 0.2) is 97.1 Å². The summed E-state index contributed by atoms with van der Waals surface area (Å²) in [6, 6.07) is 37.3. The molecule has 6 aromatic rings. The summed E-state index contributed by atoms with van der Waals surface area (Å²) in [5.74, 6) is 0. The van der Waals surface area contributed by atoms with Crippen molar-refractivity contribution >= 4 is 48.1 Å². The number of benzene rings is 4. The predicted octanol–water partition coefficient (Wildman–Crippen LogP) is 18.4. The third-order valence-electron chi connectivity index (χ3n) is 13.7. The first-order valence-electron chi connectivity index (χ1n) is 23.1. The number of halogens is 2. The molecular weight excluding hydrogens is 863 g/mol. The fourth-order valence-corrected chi connectivity index (χ4v) is 10.7. The maximum atomic E-state index is 4.93. The van der Waals surface area contributed by atoms with Gasteiger partial charge in [-0.15, -0.1) is 69.1 Å². The van der Waals surface area contributed by atoms with Crippen LogP contribution in [0.2, 0.25) is 13.1 Å². The first-order chi connectivity index (χ1) is 29.0. The number of aryl methyl sites for hydroxylation is 4. The van der Waals surface area contributed by atoms with E-state index in [1.807, 2.05) is 0 Å². The zero-order chi connectivity index (χ0) is 43.1. The Balaban J connectivity index is 0.000000201. The Kier molecular flexibility index (Phi) is 19.5. The van der Waals surface area contributed by atoms with Crippen molar-refractivity contribution < 1.29 is 20.8 Å². The second kappa shape index (κ2) is 24.0. The van der Waals surface area contributed by atoms with Gasteiger partial charge in [0.15, 0.2) is 0 Å². The summed E-state index contributed by atoms with van der Waals surface area (Å²) in [4.78, 5) is 0. The molecule has 2 aliphatic rings. The Morgan fingerprint density at radius 3 is 1.13 bits per heavy atom. The van der Waals surface area contributed by atoms with Gasteiger partial charge in [0.1, 0.15) is 0 Å². The first kappa shape index (κ1) is 48.8. The Morgan fingerprint density at radius 1 is 0.517 bits per heavy atom. The summed E-state index contributed by atoms with van der Waals surface area (Å²) < 4.78 is 0. The quantitative estimate of drug-likeness (QED) is 0.0810. The van der Waals surface area contributed by atoms with E-state index in [9.17, 15) is 0 Å². The van der Waals surface area contributed by atoms with E-state index < -0.39 is 20.8 Å². The zero-order valence-electron chi connectivity index (χ0n) is 38.3. The van der Waals surface area contributed by atoms with E-state index in [0.717, 1.165) is 9.52 Å². The number of hydrogen-bond donors (Lipinski definition) is 0. The van der Waals surface area contributed by atoms with Gasteiger partial charge in [0.25, 0.3) is 0 Å². The van der Waals surface area contributed by atoms with Crippen LogP contribution in [0.4, 0.5) is 0 Å². The summed E-state index contributed by atoms with van der Waals surface area (Å²) in [5.41, 5.74) is 15.0. The monoisotopic (exact) mass is 932 g/mol. The second-order valence-electron chi connectivity index (χ2n) is 18.6. The van der Waals surface area contributed by atoms with Gasteiger partial charge >= 0.3 is 37.9 Å². The molecule has 2 aliphatic carbocycles. The summed E-state index contributed by atoms with van der Waals surface area (Å²) >= 11 is -0.826. The van der Waals surface area contributed by atoms with Crippen LogP contribution in [-0.4, -0.2) is 9.52 Å². The molecule has 0 aromatic heterocycles. The van der Waals surface area contributed by atoms with E-state index in [0.29, 0.717) is 10.8 Å². The van der Waals surface area contributed by atoms with Crippen molar-refractivity contribution in [3.63, 3.8) is 0 Å². The minimum absolute atomic E-state index is 0.529. The third kappa shape index (κ3) is 13.4. The van der Waals surface area contributed by atoms with Crippen molar-refractivity contribution in [2.24, 2.45) is 10.8 Å². The van der Waals surface area contributed by atoms with E-state index in [4.69, 9.17) is 17.0 Å². The van der Waals surface area contributed by atoms with E-state index in [1.54, 1.807) is 11.1 Å². The van der Waals surface area contributed by atoms with Gasteiger partial charge in [0.05, 0.1) is 0 Å². The van der Waals surface area contributed by atoms with Gasteiger partial charge in [0.2, 0.25) is 0 Å². The SMILES string of the molecule is CCC1(Cc2cc3c(-c4cc(C)cc(C)c4)cccc3[cH-]2)CCCCCC1.CCC1(Cc2cc3c(-c4cc(C)cc(C)c4)cccc3[cH-]2)CCCCCC1.C[Si]C.[Cl][Zr+2][Cl]. The average Bonchev–Trinajstić information content (AvgIpc) is 3.64. The molecule has 8 rings (SSSR count). The molecule has 0 saturated heterocycles. The molecule has 60 heavy (non-hydrogen) atoms. The fraction of sp³-hybridized carbons (Fsp3) is 0.464. The normalized spacial score (nSPS) is 15.9. The number of fused-ring (bicyclic) bond motifs is 2. The van der Waals surface area contributed by atoms with E-state index in [1.165, 1.54) is 169 Å². The molecule has 0 unspecified atom stereocenters. The molecule has 2 fully saturated rings. The first-order valence-corrected chi connectivity index (χ1v) is 31.4. The van der Waals surface area contributed by atoms with Crippen LogP contribution in [0.25, 0.3) is 43.8 Å². The van der Waals surface area contributed by atoms with Gasteiger partial charge in [-0.05, 0) is 88.2 Å². The summed E-state index contributed by atoms with van der Waals surface area (Å²) in [6.45, 7) is 17.9. The molecule has 318 valence electrons. The van der Waals surface area contributed by atoms with Crippen LogP contribution in [-0.2, 0) is 33.7 Å². The molecule has 0 amide bonds. The molecule has 2 saturated carbocycles. The Bertz CT molecular complexity index is 2010. The van der Waals surface area contributed by atoms with Gasteiger partial charge < -0.3 is 0 Å². The molecule has 0 heterocycles. The van der Waals surface area contributed by atoms with Crippen molar-refractivity contribution in [2.75, 3.05) is 0 Å². The molecule has 0 atom stereocenters. The minimum atomic E-state index is -0.826. The molecule has 6 aromatic carbocycles. The molecule has 0 nitrogen and oxygen atoms in total. The van der Waals surface area contributed by atoms with Crippen molar-refractivity contribution in [2.45, 2.75) is 157 Å². The number of hydrogen-bond acceptors (Lipinski definition) is 0. The summed E-state index contributed by atoms with van der Waals surface area (Å²) in [6.07, 6.45) is 22.2. The van der Waals surface area contributed by atoms with Gasteiger partial charge in [0, 0.05) is 9.52 Å². The Labute approximate surface area is 386 Å². The number of rotatable bonds is 8. The van der Waals surface area contributed by atoms with Crippen LogP contribution < -0.4 is 0 Å². The summed E-state index contributed by atoms with van der Waals surface area (Å²) in [7, 11) is 11.0. The molecule has 0 bridgehead atoms. The van der Waals surface area contributed by atoms with Gasteiger partial charge in [-0.3, -0.25) is 0 Å². The van der Waals surface area contributed by atoms with Crippen LogP contribution in [0.1, 0.15) is 137 Å². The van der Waals surface area contributed by atoms with E-state index >= 15 is 0 Å². The summed E-state index contributed by atoms with van der Waals surface area (Å²) in [5, 5.41) is 5.66. The van der Waals surface area contributed by atoms with Gasteiger partial charge in [-0.1, -0.05) is 173 Å². The van der Waals surface area contributed by atoms with Crippen LogP contribution in [0.5, 0.6) is 0 Å². The van der Waals surface area contributed by atoms with Crippen molar-refractivity contribution in [3.8, 4) is 22.3 Å². The maximum absolute atomic E-state index is 4.93.